The molecule has 0 aromatic heterocycles. The summed E-state index contributed by atoms with van der Waals surface area (Å²) in [6.45, 7) is 12.7. The molecule has 3 heteroatoms. The van der Waals surface area contributed by atoms with E-state index >= 15 is 0 Å². The predicted octanol–water partition coefficient (Wildman–Crippen LogP) is 5.40. The lowest BCUT2D eigenvalue weighted by molar-refractivity contribution is 0.259. The van der Waals surface area contributed by atoms with Crippen LogP contribution in [0.3, 0.4) is 0 Å². The van der Waals surface area contributed by atoms with Crippen LogP contribution in [0, 0.1) is 11.7 Å². The molecule has 0 atom stereocenters. The first-order valence-corrected chi connectivity index (χ1v) is 8.03. The Labute approximate surface area is 126 Å². The highest BCUT2D eigenvalue weighted by Crippen LogP contribution is 2.38. The van der Waals surface area contributed by atoms with Crippen LogP contribution >= 0.6 is 11.8 Å². The van der Waals surface area contributed by atoms with Crippen molar-refractivity contribution in [3.05, 3.63) is 42.2 Å². The van der Waals surface area contributed by atoms with Crippen LogP contribution in [-0.4, -0.2) is 12.4 Å². The molecule has 0 radical (unpaired) electrons. The molecule has 0 bridgehead atoms. The first kappa shape index (κ1) is 17.1. The maximum Gasteiger partial charge on any atom is 0.165 e. The molecule has 1 aromatic carbocycles. The van der Waals surface area contributed by atoms with E-state index in [1.165, 1.54) is 6.07 Å². The van der Waals surface area contributed by atoms with E-state index in [1.807, 2.05) is 30.0 Å². The van der Waals surface area contributed by atoms with Crippen molar-refractivity contribution in [1.29, 1.82) is 0 Å². The third-order valence-corrected chi connectivity index (χ3v) is 4.38. The second-order valence-corrected chi connectivity index (χ2v) is 7.50. The number of ether oxygens (including phenoxy) is 1. The molecular formula is C17H25FOS. The average Bonchev–Trinajstić information content (AvgIpc) is 2.37. The fraction of sp³-hybridized carbons (Fsp3) is 0.529. The topological polar surface area (TPSA) is 9.23 Å². The summed E-state index contributed by atoms with van der Waals surface area (Å²) >= 11 is 1.85. The van der Waals surface area contributed by atoms with Gasteiger partial charge < -0.3 is 4.74 Å². The van der Waals surface area contributed by atoms with Crippen molar-refractivity contribution < 1.29 is 9.13 Å². The molecule has 0 fully saturated rings. The lowest BCUT2D eigenvalue weighted by Gasteiger charge is -2.25. The van der Waals surface area contributed by atoms with Gasteiger partial charge in [-0.25, -0.2) is 4.39 Å². The summed E-state index contributed by atoms with van der Waals surface area (Å²) in [5, 5.41) is 0. The van der Waals surface area contributed by atoms with Gasteiger partial charge in [-0.2, -0.15) is 11.8 Å². The Morgan fingerprint density at radius 1 is 1.40 bits per heavy atom. The normalized spacial score (nSPS) is 11.7. The van der Waals surface area contributed by atoms with E-state index in [4.69, 9.17) is 4.74 Å². The first-order chi connectivity index (χ1) is 9.36. The summed E-state index contributed by atoms with van der Waals surface area (Å²) in [6.07, 6.45) is 2.90. The number of benzene rings is 1. The fourth-order valence-corrected chi connectivity index (χ4v) is 2.81. The van der Waals surface area contributed by atoms with Gasteiger partial charge in [-0.1, -0.05) is 26.0 Å². The average molecular weight is 296 g/mol. The summed E-state index contributed by atoms with van der Waals surface area (Å²) in [5.41, 5.74) is 1.09. The van der Waals surface area contributed by atoms with Gasteiger partial charge in [0.15, 0.2) is 11.6 Å². The molecule has 20 heavy (non-hydrogen) atoms. The molecule has 0 aliphatic rings. The molecule has 0 N–H and O–H groups in total. The third-order valence-electron chi connectivity index (χ3n) is 2.98. The Kier molecular flexibility index (Phi) is 6.60. The summed E-state index contributed by atoms with van der Waals surface area (Å²) < 4.78 is 19.3. The van der Waals surface area contributed by atoms with Crippen molar-refractivity contribution in [2.24, 2.45) is 5.92 Å². The van der Waals surface area contributed by atoms with Gasteiger partial charge in [-0.05, 0) is 49.6 Å². The van der Waals surface area contributed by atoms with Gasteiger partial charge in [0, 0.05) is 4.75 Å². The van der Waals surface area contributed by atoms with E-state index in [9.17, 15) is 4.39 Å². The van der Waals surface area contributed by atoms with Gasteiger partial charge in [-0.15, -0.1) is 6.58 Å². The molecule has 0 aliphatic heterocycles. The van der Waals surface area contributed by atoms with Crippen molar-refractivity contribution in [3.63, 3.8) is 0 Å². The predicted molar refractivity (Wildman–Crippen MR) is 87.0 cm³/mol. The smallest absolute Gasteiger partial charge is 0.165 e. The van der Waals surface area contributed by atoms with Crippen LogP contribution in [-0.2, 0) is 4.75 Å². The van der Waals surface area contributed by atoms with Gasteiger partial charge in [0.25, 0.3) is 0 Å². The first-order valence-electron chi connectivity index (χ1n) is 7.04. The van der Waals surface area contributed by atoms with Gasteiger partial charge >= 0.3 is 0 Å². The monoisotopic (exact) mass is 296 g/mol. The van der Waals surface area contributed by atoms with Crippen LogP contribution in [0.5, 0.6) is 5.75 Å². The lowest BCUT2D eigenvalue weighted by Crippen LogP contribution is -2.14. The van der Waals surface area contributed by atoms with Crippen molar-refractivity contribution in [3.8, 4) is 5.75 Å². The van der Waals surface area contributed by atoms with Gasteiger partial charge in [0.2, 0.25) is 0 Å². The molecule has 0 saturated heterocycles. The molecule has 1 aromatic rings. The molecule has 1 nitrogen and oxygen atoms in total. The summed E-state index contributed by atoms with van der Waals surface area (Å²) in [5.74, 6) is 1.46. The Morgan fingerprint density at radius 3 is 2.70 bits per heavy atom. The van der Waals surface area contributed by atoms with E-state index in [2.05, 4.69) is 34.3 Å². The fourth-order valence-electron chi connectivity index (χ4n) is 1.73. The highest BCUT2D eigenvalue weighted by Gasteiger charge is 2.22. The summed E-state index contributed by atoms with van der Waals surface area (Å²) in [7, 11) is 0. The highest BCUT2D eigenvalue weighted by atomic mass is 32.2. The Balaban J connectivity index is 2.84. The molecule has 0 heterocycles. The van der Waals surface area contributed by atoms with Crippen molar-refractivity contribution in [1.82, 2.24) is 0 Å². The van der Waals surface area contributed by atoms with Crippen LogP contribution in [0.15, 0.2) is 30.9 Å². The molecule has 0 aliphatic carbocycles. The number of hydrogen-bond donors (Lipinski definition) is 0. The zero-order valence-electron chi connectivity index (χ0n) is 12.9. The molecule has 0 amide bonds. The van der Waals surface area contributed by atoms with E-state index in [0.29, 0.717) is 18.3 Å². The summed E-state index contributed by atoms with van der Waals surface area (Å²) in [6, 6.07) is 5.18. The molecular weight excluding hydrogens is 271 g/mol. The minimum Gasteiger partial charge on any atom is -0.490 e. The minimum atomic E-state index is -0.290. The summed E-state index contributed by atoms with van der Waals surface area (Å²) in [4.78, 5) is 0. The zero-order chi connectivity index (χ0) is 15.2. The van der Waals surface area contributed by atoms with Crippen LogP contribution in [0.1, 0.15) is 39.7 Å². The maximum absolute atomic E-state index is 13.8. The van der Waals surface area contributed by atoms with E-state index in [-0.39, 0.29) is 10.6 Å². The number of rotatable bonds is 8. The molecule has 0 unspecified atom stereocenters. The van der Waals surface area contributed by atoms with E-state index < -0.39 is 0 Å². The zero-order valence-corrected chi connectivity index (χ0v) is 13.7. The van der Waals surface area contributed by atoms with Crippen LogP contribution in [0.4, 0.5) is 4.39 Å². The minimum absolute atomic E-state index is 0.0628. The number of halogens is 1. The molecule has 1 rings (SSSR count). The van der Waals surface area contributed by atoms with Crippen molar-refractivity contribution in [2.45, 2.75) is 38.9 Å². The standard InChI is InChI=1S/C17H25FOS/c1-6-7-10-20-17(4,5)14-8-9-15(18)16(11-14)19-12-13(2)3/h6,8-9,11,13H,1,7,10,12H2,2-5H3. The van der Waals surface area contributed by atoms with Crippen molar-refractivity contribution >= 4 is 11.8 Å². The SMILES string of the molecule is C=CCCSC(C)(C)c1ccc(F)c(OCC(C)C)c1. The maximum atomic E-state index is 13.8. The Morgan fingerprint density at radius 2 is 2.10 bits per heavy atom. The quantitative estimate of drug-likeness (QED) is 0.469. The van der Waals surface area contributed by atoms with Gasteiger partial charge in [0.05, 0.1) is 6.61 Å². The third kappa shape index (κ3) is 5.20. The van der Waals surface area contributed by atoms with Gasteiger partial charge in [0.1, 0.15) is 0 Å². The van der Waals surface area contributed by atoms with Crippen LogP contribution in [0.2, 0.25) is 0 Å². The van der Waals surface area contributed by atoms with E-state index in [1.54, 1.807) is 0 Å². The highest BCUT2D eigenvalue weighted by molar-refractivity contribution is 8.00. The molecule has 0 saturated carbocycles. The number of thioether (sulfide) groups is 1. The lowest BCUT2D eigenvalue weighted by atomic mass is 10.0. The molecule has 112 valence electrons. The van der Waals surface area contributed by atoms with Gasteiger partial charge in [-0.3, -0.25) is 0 Å². The van der Waals surface area contributed by atoms with Crippen LogP contribution in [0.25, 0.3) is 0 Å². The van der Waals surface area contributed by atoms with E-state index in [0.717, 1.165) is 17.7 Å². The molecule has 0 spiro atoms. The number of allylic oxidation sites excluding steroid dienone is 1. The van der Waals surface area contributed by atoms with Crippen LogP contribution < -0.4 is 4.74 Å². The largest absolute Gasteiger partial charge is 0.490 e. The number of hydrogen-bond acceptors (Lipinski definition) is 2. The second kappa shape index (κ2) is 7.72. The Hall–Kier alpha value is -0.960. The second-order valence-electron chi connectivity index (χ2n) is 5.79. The Bertz CT molecular complexity index is 441. The van der Waals surface area contributed by atoms with Crippen molar-refractivity contribution in [2.75, 3.05) is 12.4 Å².